The largest absolute Gasteiger partial charge is 0.411 e. The summed E-state index contributed by atoms with van der Waals surface area (Å²) in [7, 11) is 0. The third-order valence-electron chi connectivity index (χ3n) is 2.94. The lowest BCUT2D eigenvalue weighted by Crippen LogP contribution is -1.81. The number of hydrogen-bond acceptors (Lipinski definition) is 4. The van der Waals surface area contributed by atoms with Gasteiger partial charge in [0.25, 0.3) is 5.22 Å². The molecule has 5 heteroatoms. The number of aromatic nitrogens is 2. The van der Waals surface area contributed by atoms with Crippen molar-refractivity contribution < 1.29 is 4.42 Å². The van der Waals surface area contributed by atoms with Gasteiger partial charge in [-0.1, -0.05) is 57.5 Å². The summed E-state index contributed by atoms with van der Waals surface area (Å²) in [6.07, 6.45) is 0. The Morgan fingerprint density at radius 3 is 2.67 bits per heavy atom. The molecule has 0 radical (unpaired) electrons. The highest BCUT2D eigenvalue weighted by Crippen LogP contribution is 2.26. The van der Waals surface area contributed by atoms with Crippen molar-refractivity contribution in [1.29, 1.82) is 0 Å². The fraction of sp³-hybridized carbons (Fsp3) is 0.125. The van der Waals surface area contributed by atoms with Crippen molar-refractivity contribution in [2.75, 3.05) is 0 Å². The van der Waals surface area contributed by atoms with Crippen LogP contribution in [-0.2, 0) is 5.75 Å². The maximum Gasteiger partial charge on any atom is 0.277 e. The summed E-state index contributed by atoms with van der Waals surface area (Å²) < 4.78 is 6.71. The number of aryl methyl sites for hydroxylation is 1. The Morgan fingerprint density at radius 2 is 1.90 bits per heavy atom. The lowest BCUT2D eigenvalue weighted by atomic mass is 10.2. The average Bonchev–Trinajstić information content (AvgIpc) is 2.95. The highest BCUT2D eigenvalue weighted by Gasteiger charge is 2.09. The number of nitrogens with zero attached hydrogens (tertiary/aromatic N) is 2. The van der Waals surface area contributed by atoms with Gasteiger partial charge in [0.1, 0.15) is 0 Å². The summed E-state index contributed by atoms with van der Waals surface area (Å²) >= 11 is 4.96. The first-order valence-corrected chi connectivity index (χ1v) is 8.26. The highest BCUT2D eigenvalue weighted by atomic mass is 79.9. The zero-order valence-electron chi connectivity index (χ0n) is 11.4. The smallest absolute Gasteiger partial charge is 0.277 e. The number of benzene rings is 2. The van der Waals surface area contributed by atoms with E-state index in [-0.39, 0.29) is 0 Å². The van der Waals surface area contributed by atoms with Gasteiger partial charge in [0.05, 0.1) is 0 Å². The van der Waals surface area contributed by atoms with Gasteiger partial charge in [-0.3, -0.25) is 0 Å². The molecular formula is C16H13BrN2OS. The minimum atomic E-state index is 0.550. The molecule has 0 spiro atoms. The third-order valence-corrected chi connectivity index (χ3v) is 4.36. The van der Waals surface area contributed by atoms with E-state index in [2.05, 4.69) is 57.3 Å². The van der Waals surface area contributed by atoms with E-state index >= 15 is 0 Å². The fourth-order valence-corrected chi connectivity index (χ4v) is 2.89. The van der Waals surface area contributed by atoms with E-state index in [9.17, 15) is 0 Å². The van der Waals surface area contributed by atoms with Crippen molar-refractivity contribution in [3.63, 3.8) is 0 Å². The first kappa shape index (κ1) is 14.4. The molecule has 3 aromatic rings. The maximum absolute atomic E-state index is 5.69. The van der Waals surface area contributed by atoms with Crippen LogP contribution in [0.1, 0.15) is 11.1 Å². The van der Waals surface area contributed by atoms with Gasteiger partial charge in [-0.15, -0.1) is 10.2 Å². The molecule has 0 N–H and O–H groups in total. The molecular weight excluding hydrogens is 348 g/mol. The molecule has 1 aromatic heterocycles. The van der Waals surface area contributed by atoms with Crippen LogP contribution in [-0.4, -0.2) is 10.2 Å². The fourth-order valence-electron chi connectivity index (χ4n) is 1.92. The second-order valence-corrected chi connectivity index (χ2v) is 6.50. The topological polar surface area (TPSA) is 38.9 Å². The molecule has 0 aliphatic rings. The van der Waals surface area contributed by atoms with Crippen LogP contribution in [0.25, 0.3) is 11.5 Å². The monoisotopic (exact) mass is 360 g/mol. The van der Waals surface area contributed by atoms with Gasteiger partial charge in [0.2, 0.25) is 5.89 Å². The Kier molecular flexibility index (Phi) is 4.41. The zero-order chi connectivity index (χ0) is 14.7. The van der Waals surface area contributed by atoms with Gasteiger partial charge in [-0.25, -0.2) is 0 Å². The quantitative estimate of drug-likeness (QED) is 0.606. The predicted molar refractivity (Wildman–Crippen MR) is 88.2 cm³/mol. The summed E-state index contributed by atoms with van der Waals surface area (Å²) in [6, 6.07) is 16.2. The van der Waals surface area contributed by atoms with Crippen molar-refractivity contribution in [3.8, 4) is 11.5 Å². The maximum atomic E-state index is 5.69. The van der Waals surface area contributed by atoms with Gasteiger partial charge in [0.15, 0.2) is 0 Å². The SMILES string of the molecule is Cc1cccc(CSc2nnc(-c3ccc(Br)cc3)o2)c1. The van der Waals surface area contributed by atoms with Crippen LogP contribution in [0.2, 0.25) is 0 Å². The molecule has 0 amide bonds. The van der Waals surface area contributed by atoms with Crippen LogP contribution >= 0.6 is 27.7 Å². The molecule has 1 heterocycles. The molecule has 0 aliphatic heterocycles. The molecule has 21 heavy (non-hydrogen) atoms. The normalized spacial score (nSPS) is 10.8. The molecule has 2 aromatic carbocycles. The van der Waals surface area contributed by atoms with Gasteiger partial charge in [-0.2, -0.15) is 0 Å². The molecule has 0 fully saturated rings. The summed E-state index contributed by atoms with van der Waals surface area (Å²) in [5.74, 6) is 1.37. The first-order chi connectivity index (χ1) is 10.2. The number of thioether (sulfide) groups is 1. The van der Waals surface area contributed by atoms with E-state index in [1.807, 2.05) is 24.3 Å². The van der Waals surface area contributed by atoms with E-state index in [1.165, 1.54) is 11.1 Å². The minimum Gasteiger partial charge on any atom is -0.411 e. The average molecular weight is 361 g/mol. The van der Waals surface area contributed by atoms with Crippen LogP contribution in [0, 0.1) is 6.92 Å². The molecule has 106 valence electrons. The van der Waals surface area contributed by atoms with Crippen LogP contribution in [0.5, 0.6) is 0 Å². The van der Waals surface area contributed by atoms with E-state index in [0.717, 1.165) is 15.8 Å². The lowest BCUT2D eigenvalue weighted by Gasteiger charge is -1.99. The molecule has 0 saturated carbocycles. The molecule has 0 atom stereocenters. The van der Waals surface area contributed by atoms with E-state index in [0.29, 0.717) is 11.1 Å². The first-order valence-electron chi connectivity index (χ1n) is 6.48. The van der Waals surface area contributed by atoms with Crippen LogP contribution in [0.15, 0.2) is 62.6 Å². The lowest BCUT2D eigenvalue weighted by molar-refractivity contribution is 0.466. The van der Waals surface area contributed by atoms with Crippen molar-refractivity contribution in [2.24, 2.45) is 0 Å². The van der Waals surface area contributed by atoms with E-state index in [1.54, 1.807) is 11.8 Å². The molecule has 0 saturated heterocycles. The third kappa shape index (κ3) is 3.74. The van der Waals surface area contributed by atoms with Crippen molar-refractivity contribution in [1.82, 2.24) is 10.2 Å². The standard InChI is InChI=1S/C16H13BrN2OS/c1-11-3-2-4-12(9-11)10-21-16-19-18-15(20-16)13-5-7-14(17)8-6-13/h2-9H,10H2,1H3. The Bertz CT molecular complexity index is 740. The summed E-state index contributed by atoms with van der Waals surface area (Å²) in [5.41, 5.74) is 3.44. The minimum absolute atomic E-state index is 0.550. The zero-order valence-corrected chi connectivity index (χ0v) is 13.8. The number of hydrogen-bond donors (Lipinski definition) is 0. The summed E-state index contributed by atoms with van der Waals surface area (Å²) in [5, 5.41) is 8.77. The summed E-state index contributed by atoms with van der Waals surface area (Å²) in [4.78, 5) is 0. The van der Waals surface area contributed by atoms with Crippen molar-refractivity contribution in [3.05, 3.63) is 64.1 Å². The van der Waals surface area contributed by atoms with Gasteiger partial charge >= 0.3 is 0 Å². The van der Waals surface area contributed by atoms with Gasteiger partial charge in [-0.05, 0) is 36.8 Å². The Hall–Kier alpha value is -1.59. The molecule has 3 nitrogen and oxygen atoms in total. The van der Waals surface area contributed by atoms with Gasteiger partial charge < -0.3 is 4.42 Å². The van der Waals surface area contributed by atoms with E-state index < -0.39 is 0 Å². The highest BCUT2D eigenvalue weighted by molar-refractivity contribution is 9.10. The number of halogens is 1. The molecule has 0 bridgehead atoms. The predicted octanol–water partition coefficient (Wildman–Crippen LogP) is 5.10. The van der Waals surface area contributed by atoms with Crippen molar-refractivity contribution >= 4 is 27.7 Å². The molecule has 3 rings (SSSR count). The Labute approximate surface area is 135 Å². The van der Waals surface area contributed by atoms with Crippen molar-refractivity contribution in [2.45, 2.75) is 17.9 Å². The second-order valence-electron chi connectivity index (χ2n) is 4.66. The second kappa shape index (κ2) is 6.45. The van der Waals surface area contributed by atoms with Crippen LogP contribution in [0.4, 0.5) is 0 Å². The Balaban J connectivity index is 1.69. The van der Waals surface area contributed by atoms with Crippen LogP contribution < -0.4 is 0 Å². The molecule has 0 aliphatic carbocycles. The summed E-state index contributed by atoms with van der Waals surface area (Å²) in [6.45, 7) is 2.09. The number of rotatable bonds is 4. The van der Waals surface area contributed by atoms with E-state index in [4.69, 9.17) is 4.42 Å². The van der Waals surface area contributed by atoms with Gasteiger partial charge in [0, 0.05) is 15.8 Å². The van der Waals surface area contributed by atoms with Crippen LogP contribution in [0.3, 0.4) is 0 Å². The molecule has 0 unspecified atom stereocenters. The Morgan fingerprint density at radius 1 is 1.10 bits per heavy atom.